The number of rotatable bonds is 4. The Morgan fingerprint density at radius 2 is 2.33 bits per heavy atom. The second-order valence-corrected chi connectivity index (χ2v) is 3.24. The Kier molecular flexibility index (Phi) is 2.75. The van der Waals surface area contributed by atoms with Crippen LogP contribution in [0.25, 0.3) is 0 Å². The summed E-state index contributed by atoms with van der Waals surface area (Å²) in [7, 11) is 1.55. The number of benzene rings is 1. The molecule has 1 unspecified atom stereocenters. The summed E-state index contributed by atoms with van der Waals surface area (Å²) in [5.41, 5.74) is 0.557. The summed E-state index contributed by atoms with van der Waals surface area (Å²) in [5, 5.41) is 8.71. The average molecular weight is 205 g/mol. The molecule has 0 spiro atoms. The van der Waals surface area contributed by atoms with Crippen molar-refractivity contribution in [1.82, 2.24) is 0 Å². The number of hydrogen-bond acceptors (Lipinski definition) is 4. The molecule has 0 radical (unpaired) electrons. The summed E-state index contributed by atoms with van der Waals surface area (Å²) in [4.78, 5) is 0. The topological polar surface area (TPSA) is 54.8 Å². The van der Waals surface area contributed by atoms with Crippen molar-refractivity contribution < 1.29 is 14.2 Å². The molecule has 78 valence electrons. The zero-order chi connectivity index (χ0) is 10.7. The maximum atomic E-state index is 8.71. The van der Waals surface area contributed by atoms with Crippen LogP contribution in [-0.4, -0.2) is 26.4 Å². The first kappa shape index (κ1) is 9.81. The SMILES string of the molecule is COc1cc(C#N)ccc1OCC1CO1. The van der Waals surface area contributed by atoms with Gasteiger partial charge in [-0.2, -0.15) is 5.26 Å². The van der Waals surface area contributed by atoms with Gasteiger partial charge in [-0.05, 0) is 12.1 Å². The minimum atomic E-state index is 0.213. The molecule has 0 bridgehead atoms. The van der Waals surface area contributed by atoms with Gasteiger partial charge in [0, 0.05) is 6.07 Å². The van der Waals surface area contributed by atoms with Crippen molar-refractivity contribution in [2.75, 3.05) is 20.3 Å². The van der Waals surface area contributed by atoms with Crippen molar-refractivity contribution >= 4 is 0 Å². The van der Waals surface area contributed by atoms with E-state index >= 15 is 0 Å². The highest BCUT2D eigenvalue weighted by molar-refractivity contribution is 5.46. The summed E-state index contributed by atoms with van der Waals surface area (Å²) in [6.07, 6.45) is 0.213. The van der Waals surface area contributed by atoms with Crippen LogP contribution >= 0.6 is 0 Å². The number of epoxide rings is 1. The molecule has 0 amide bonds. The van der Waals surface area contributed by atoms with Gasteiger partial charge in [-0.15, -0.1) is 0 Å². The molecule has 4 nitrogen and oxygen atoms in total. The maximum absolute atomic E-state index is 8.71. The first-order chi connectivity index (χ1) is 7.33. The van der Waals surface area contributed by atoms with Gasteiger partial charge in [0.15, 0.2) is 11.5 Å². The highest BCUT2D eigenvalue weighted by atomic mass is 16.6. The fraction of sp³-hybridized carbons (Fsp3) is 0.364. The van der Waals surface area contributed by atoms with Crippen LogP contribution in [0.1, 0.15) is 5.56 Å². The molecule has 15 heavy (non-hydrogen) atoms. The Morgan fingerprint density at radius 3 is 2.93 bits per heavy atom. The first-order valence-electron chi connectivity index (χ1n) is 4.66. The van der Waals surface area contributed by atoms with Crippen LogP contribution < -0.4 is 9.47 Å². The molecule has 1 aromatic rings. The Hall–Kier alpha value is -1.73. The van der Waals surface area contributed by atoms with E-state index < -0.39 is 0 Å². The monoisotopic (exact) mass is 205 g/mol. The minimum absolute atomic E-state index is 0.213. The van der Waals surface area contributed by atoms with E-state index in [1.807, 2.05) is 6.07 Å². The van der Waals surface area contributed by atoms with Gasteiger partial charge < -0.3 is 14.2 Å². The van der Waals surface area contributed by atoms with Crippen molar-refractivity contribution in [2.45, 2.75) is 6.10 Å². The lowest BCUT2D eigenvalue weighted by atomic mass is 10.2. The van der Waals surface area contributed by atoms with Crippen LogP contribution in [0.4, 0.5) is 0 Å². The average Bonchev–Trinajstić information content (AvgIpc) is 3.10. The molecule has 1 aromatic carbocycles. The number of ether oxygens (including phenoxy) is 3. The predicted octanol–water partition coefficient (Wildman–Crippen LogP) is 1.34. The minimum Gasteiger partial charge on any atom is -0.493 e. The Bertz CT molecular complexity index is 393. The molecule has 1 aliphatic heterocycles. The van der Waals surface area contributed by atoms with Crippen LogP contribution in [0.2, 0.25) is 0 Å². The molecular weight excluding hydrogens is 194 g/mol. The van der Waals surface area contributed by atoms with E-state index in [4.69, 9.17) is 19.5 Å². The predicted molar refractivity (Wildman–Crippen MR) is 52.9 cm³/mol. The van der Waals surface area contributed by atoms with E-state index in [0.717, 1.165) is 6.61 Å². The van der Waals surface area contributed by atoms with Crippen molar-refractivity contribution in [3.05, 3.63) is 23.8 Å². The quantitative estimate of drug-likeness (QED) is 0.696. The van der Waals surface area contributed by atoms with Gasteiger partial charge in [0.05, 0.1) is 25.3 Å². The normalized spacial score (nSPS) is 18.0. The van der Waals surface area contributed by atoms with E-state index in [2.05, 4.69) is 0 Å². The largest absolute Gasteiger partial charge is 0.493 e. The Balaban J connectivity index is 2.10. The summed E-state index contributed by atoms with van der Waals surface area (Å²) in [6.45, 7) is 1.29. The second kappa shape index (κ2) is 4.20. The Morgan fingerprint density at radius 1 is 1.53 bits per heavy atom. The second-order valence-electron chi connectivity index (χ2n) is 3.24. The third-order valence-corrected chi connectivity index (χ3v) is 2.12. The van der Waals surface area contributed by atoms with E-state index in [1.54, 1.807) is 25.3 Å². The molecule has 0 saturated carbocycles. The molecule has 1 fully saturated rings. The van der Waals surface area contributed by atoms with Crippen LogP contribution in [0.5, 0.6) is 11.5 Å². The molecule has 1 heterocycles. The zero-order valence-electron chi connectivity index (χ0n) is 8.40. The maximum Gasteiger partial charge on any atom is 0.162 e. The third kappa shape index (κ3) is 2.39. The molecule has 1 atom stereocenters. The van der Waals surface area contributed by atoms with Gasteiger partial charge in [0.1, 0.15) is 12.7 Å². The van der Waals surface area contributed by atoms with Crippen LogP contribution in [-0.2, 0) is 4.74 Å². The molecule has 1 saturated heterocycles. The first-order valence-corrected chi connectivity index (χ1v) is 4.66. The fourth-order valence-corrected chi connectivity index (χ4v) is 1.20. The lowest BCUT2D eigenvalue weighted by Crippen LogP contribution is -2.05. The molecule has 0 aromatic heterocycles. The van der Waals surface area contributed by atoms with Gasteiger partial charge in [0.2, 0.25) is 0 Å². The van der Waals surface area contributed by atoms with E-state index in [1.165, 1.54) is 0 Å². The van der Waals surface area contributed by atoms with Gasteiger partial charge in [-0.3, -0.25) is 0 Å². The fourth-order valence-electron chi connectivity index (χ4n) is 1.20. The van der Waals surface area contributed by atoms with Gasteiger partial charge in [-0.1, -0.05) is 0 Å². The van der Waals surface area contributed by atoms with E-state index in [-0.39, 0.29) is 6.10 Å². The summed E-state index contributed by atoms with van der Waals surface area (Å²) in [5.74, 6) is 1.22. The smallest absolute Gasteiger partial charge is 0.162 e. The molecule has 0 N–H and O–H groups in total. The van der Waals surface area contributed by atoms with Crippen LogP contribution in [0.15, 0.2) is 18.2 Å². The van der Waals surface area contributed by atoms with Crippen LogP contribution in [0, 0.1) is 11.3 Å². The summed E-state index contributed by atoms with van der Waals surface area (Å²) < 4.78 is 15.6. The molecule has 4 heteroatoms. The van der Waals surface area contributed by atoms with Crippen molar-refractivity contribution in [3.8, 4) is 17.6 Å². The number of methoxy groups -OCH3 is 1. The molecule has 2 rings (SSSR count). The summed E-state index contributed by atoms with van der Waals surface area (Å²) in [6, 6.07) is 7.14. The van der Waals surface area contributed by atoms with Gasteiger partial charge >= 0.3 is 0 Å². The lowest BCUT2D eigenvalue weighted by Gasteiger charge is -2.09. The standard InChI is InChI=1S/C11H11NO3/c1-13-11-4-8(5-12)2-3-10(11)15-7-9-6-14-9/h2-4,9H,6-7H2,1H3. The number of hydrogen-bond donors (Lipinski definition) is 0. The zero-order valence-corrected chi connectivity index (χ0v) is 8.40. The van der Waals surface area contributed by atoms with Crippen molar-refractivity contribution in [1.29, 1.82) is 5.26 Å². The van der Waals surface area contributed by atoms with Gasteiger partial charge in [-0.25, -0.2) is 0 Å². The van der Waals surface area contributed by atoms with Crippen molar-refractivity contribution in [2.24, 2.45) is 0 Å². The molecule has 1 aliphatic rings. The van der Waals surface area contributed by atoms with Gasteiger partial charge in [0.25, 0.3) is 0 Å². The van der Waals surface area contributed by atoms with E-state index in [0.29, 0.717) is 23.7 Å². The Labute approximate surface area is 88.0 Å². The van der Waals surface area contributed by atoms with Crippen molar-refractivity contribution in [3.63, 3.8) is 0 Å². The molecule has 0 aliphatic carbocycles. The highest BCUT2D eigenvalue weighted by Gasteiger charge is 2.23. The van der Waals surface area contributed by atoms with Crippen LogP contribution in [0.3, 0.4) is 0 Å². The molecular formula is C11H11NO3. The number of nitrogens with zero attached hydrogens (tertiary/aromatic N) is 1. The lowest BCUT2D eigenvalue weighted by molar-refractivity contribution is 0.252. The third-order valence-electron chi connectivity index (χ3n) is 2.12. The number of nitriles is 1. The summed E-state index contributed by atoms with van der Waals surface area (Å²) >= 11 is 0. The highest BCUT2D eigenvalue weighted by Crippen LogP contribution is 2.28. The van der Waals surface area contributed by atoms with E-state index in [9.17, 15) is 0 Å².